The minimum atomic E-state index is 0.402. The Morgan fingerprint density at radius 3 is 2.64 bits per heavy atom. The molecular weight excluding hydrogens is 285 g/mol. The highest BCUT2D eigenvalue weighted by Gasteiger charge is 2.57. The van der Waals surface area contributed by atoms with Gasteiger partial charge in [-0.15, -0.1) is 0 Å². The summed E-state index contributed by atoms with van der Waals surface area (Å²) in [6.07, 6.45) is 0. The Labute approximate surface area is 99.2 Å². The van der Waals surface area contributed by atoms with Crippen molar-refractivity contribution >= 4 is 22.6 Å². The van der Waals surface area contributed by atoms with Gasteiger partial charge in [-0.1, -0.05) is 26.0 Å². The SMILES string of the molecule is CC1(C)C(CN)C1c1cccc(I)c1. The van der Waals surface area contributed by atoms with Crippen LogP contribution < -0.4 is 5.73 Å². The van der Waals surface area contributed by atoms with Crippen LogP contribution in [0.25, 0.3) is 0 Å². The summed E-state index contributed by atoms with van der Waals surface area (Å²) in [4.78, 5) is 0. The maximum absolute atomic E-state index is 5.77. The molecule has 0 heterocycles. The lowest BCUT2D eigenvalue weighted by atomic mass is 10.0. The van der Waals surface area contributed by atoms with Gasteiger partial charge in [-0.3, -0.25) is 0 Å². The van der Waals surface area contributed by atoms with Gasteiger partial charge in [0, 0.05) is 3.57 Å². The van der Waals surface area contributed by atoms with Crippen LogP contribution in [0, 0.1) is 14.9 Å². The van der Waals surface area contributed by atoms with Crippen LogP contribution in [0.2, 0.25) is 0 Å². The summed E-state index contributed by atoms with van der Waals surface area (Å²) in [5, 5.41) is 0. The highest BCUT2D eigenvalue weighted by atomic mass is 127. The first-order chi connectivity index (χ1) is 6.57. The molecule has 2 heteroatoms. The van der Waals surface area contributed by atoms with E-state index in [-0.39, 0.29) is 0 Å². The maximum atomic E-state index is 5.77. The molecule has 1 aliphatic rings. The first kappa shape index (κ1) is 10.4. The highest BCUT2D eigenvalue weighted by Crippen LogP contribution is 2.63. The van der Waals surface area contributed by atoms with Gasteiger partial charge in [-0.05, 0) is 64.1 Å². The predicted octanol–water partition coefficient (Wildman–Crippen LogP) is 2.99. The largest absolute Gasteiger partial charge is 0.330 e. The average molecular weight is 301 g/mol. The molecule has 1 fully saturated rings. The summed E-state index contributed by atoms with van der Waals surface area (Å²) in [6, 6.07) is 8.78. The van der Waals surface area contributed by atoms with Crippen LogP contribution in [-0.4, -0.2) is 6.54 Å². The molecule has 0 amide bonds. The maximum Gasteiger partial charge on any atom is 0.0133 e. The first-order valence-electron chi connectivity index (χ1n) is 5.03. The van der Waals surface area contributed by atoms with E-state index < -0.39 is 0 Å². The summed E-state index contributed by atoms with van der Waals surface area (Å²) in [7, 11) is 0. The molecular formula is C12H16IN. The van der Waals surface area contributed by atoms with Crippen molar-refractivity contribution in [3.05, 3.63) is 33.4 Å². The summed E-state index contributed by atoms with van der Waals surface area (Å²) in [6.45, 7) is 5.44. The standard InChI is InChI=1S/C12H16IN/c1-12(2)10(7-14)11(12)8-4-3-5-9(13)6-8/h3-6,10-11H,7,14H2,1-2H3. The van der Waals surface area contributed by atoms with E-state index in [0.29, 0.717) is 17.3 Å². The van der Waals surface area contributed by atoms with Gasteiger partial charge < -0.3 is 5.73 Å². The van der Waals surface area contributed by atoms with Crippen molar-refractivity contribution in [2.75, 3.05) is 6.54 Å². The first-order valence-corrected chi connectivity index (χ1v) is 6.10. The number of nitrogens with two attached hydrogens (primary N) is 1. The summed E-state index contributed by atoms with van der Waals surface area (Å²) in [5.74, 6) is 1.34. The van der Waals surface area contributed by atoms with Crippen molar-refractivity contribution in [1.82, 2.24) is 0 Å². The van der Waals surface area contributed by atoms with Gasteiger partial charge in [0.15, 0.2) is 0 Å². The highest BCUT2D eigenvalue weighted by molar-refractivity contribution is 14.1. The number of halogens is 1. The Morgan fingerprint density at radius 1 is 1.43 bits per heavy atom. The fraction of sp³-hybridized carbons (Fsp3) is 0.500. The van der Waals surface area contributed by atoms with E-state index >= 15 is 0 Å². The molecule has 0 aromatic heterocycles. The second-order valence-electron chi connectivity index (χ2n) is 4.70. The van der Waals surface area contributed by atoms with Crippen molar-refractivity contribution in [2.45, 2.75) is 19.8 Å². The van der Waals surface area contributed by atoms with E-state index in [4.69, 9.17) is 5.73 Å². The van der Waals surface area contributed by atoms with E-state index in [0.717, 1.165) is 6.54 Å². The molecule has 0 bridgehead atoms. The van der Waals surface area contributed by atoms with Crippen LogP contribution in [0.4, 0.5) is 0 Å². The third kappa shape index (κ3) is 1.58. The predicted molar refractivity (Wildman–Crippen MR) is 68.2 cm³/mol. The van der Waals surface area contributed by atoms with E-state index in [1.54, 1.807) is 0 Å². The molecule has 14 heavy (non-hydrogen) atoms. The molecule has 1 nitrogen and oxygen atoms in total. The molecule has 1 aromatic carbocycles. The zero-order valence-electron chi connectivity index (χ0n) is 8.63. The van der Waals surface area contributed by atoms with E-state index in [9.17, 15) is 0 Å². The van der Waals surface area contributed by atoms with Crippen LogP contribution in [0.1, 0.15) is 25.3 Å². The molecule has 2 atom stereocenters. The fourth-order valence-corrected chi connectivity index (χ4v) is 3.11. The van der Waals surface area contributed by atoms with Gasteiger partial charge in [0.05, 0.1) is 0 Å². The second-order valence-corrected chi connectivity index (χ2v) is 5.94. The normalized spacial score (nSPS) is 28.9. The summed E-state index contributed by atoms with van der Waals surface area (Å²) in [5.41, 5.74) is 7.63. The second kappa shape index (κ2) is 3.49. The molecule has 2 unspecified atom stereocenters. The van der Waals surface area contributed by atoms with Gasteiger partial charge in [-0.2, -0.15) is 0 Å². The number of rotatable bonds is 2. The number of benzene rings is 1. The molecule has 0 saturated heterocycles. The Kier molecular flexibility index (Phi) is 2.60. The molecule has 0 spiro atoms. The van der Waals surface area contributed by atoms with Crippen LogP contribution in [0.5, 0.6) is 0 Å². The van der Waals surface area contributed by atoms with Crippen molar-refractivity contribution in [2.24, 2.45) is 17.1 Å². The Morgan fingerprint density at radius 2 is 2.14 bits per heavy atom. The lowest BCUT2D eigenvalue weighted by Gasteiger charge is -2.03. The Bertz CT molecular complexity index is 346. The lowest BCUT2D eigenvalue weighted by molar-refractivity contribution is 0.558. The van der Waals surface area contributed by atoms with Gasteiger partial charge in [0.1, 0.15) is 0 Å². The molecule has 76 valence electrons. The number of hydrogen-bond donors (Lipinski definition) is 1. The van der Waals surface area contributed by atoms with Gasteiger partial charge in [0.25, 0.3) is 0 Å². The number of hydrogen-bond acceptors (Lipinski definition) is 1. The lowest BCUT2D eigenvalue weighted by Crippen LogP contribution is -2.05. The molecule has 1 aliphatic carbocycles. The van der Waals surface area contributed by atoms with E-state index in [1.807, 2.05) is 0 Å². The molecule has 2 N–H and O–H groups in total. The minimum absolute atomic E-state index is 0.402. The van der Waals surface area contributed by atoms with E-state index in [2.05, 4.69) is 60.7 Å². The zero-order chi connectivity index (χ0) is 10.3. The average Bonchev–Trinajstić information content (AvgIpc) is 2.68. The zero-order valence-corrected chi connectivity index (χ0v) is 10.8. The summed E-state index contributed by atoms with van der Waals surface area (Å²) < 4.78 is 1.32. The Hall–Kier alpha value is -0.0900. The Balaban J connectivity index is 2.26. The fourth-order valence-electron chi connectivity index (χ4n) is 2.55. The summed E-state index contributed by atoms with van der Waals surface area (Å²) >= 11 is 2.37. The molecule has 0 radical (unpaired) electrons. The van der Waals surface area contributed by atoms with Crippen LogP contribution in [-0.2, 0) is 0 Å². The van der Waals surface area contributed by atoms with Crippen molar-refractivity contribution in [3.63, 3.8) is 0 Å². The van der Waals surface area contributed by atoms with Gasteiger partial charge in [-0.25, -0.2) is 0 Å². The van der Waals surface area contributed by atoms with Gasteiger partial charge >= 0.3 is 0 Å². The quantitative estimate of drug-likeness (QED) is 0.835. The van der Waals surface area contributed by atoms with Crippen molar-refractivity contribution in [3.8, 4) is 0 Å². The van der Waals surface area contributed by atoms with E-state index in [1.165, 1.54) is 9.13 Å². The van der Waals surface area contributed by atoms with Crippen molar-refractivity contribution in [1.29, 1.82) is 0 Å². The van der Waals surface area contributed by atoms with Crippen LogP contribution in [0.15, 0.2) is 24.3 Å². The third-order valence-electron chi connectivity index (χ3n) is 3.51. The topological polar surface area (TPSA) is 26.0 Å². The molecule has 0 aliphatic heterocycles. The van der Waals surface area contributed by atoms with Crippen molar-refractivity contribution < 1.29 is 0 Å². The van der Waals surface area contributed by atoms with Crippen LogP contribution >= 0.6 is 22.6 Å². The third-order valence-corrected chi connectivity index (χ3v) is 4.18. The smallest absolute Gasteiger partial charge is 0.0133 e. The monoisotopic (exact) mass is 301 g/mol. The molecule has 2 rings (SSSR count). The van der Waals surface area contributed by atoms with Gasteiger partial charge in [0.2, 0.25) is 0 Å². The molecule has 1 saturated carbocycles. The van der Waals surface area contributed by atoms with Crippen LogP contribution in [0.3, 0.4) is 0 Å². The molecule has 1 aromatic rings. The minimum Gasteiger partial charge on any atom is -0.330 e.